The van der Waals surface area contributed by atoms with Gasteiger partial charge in [-0.15, -0.1) is 11.8 Å². The number of ether oxygens (including phenoxy) is 1. The van der Waals surface area contributed by atoms with Crippen LogP contribution >= 0.6 is 11.8 Å². The normalized spacial score (nSPS) is 11.4. The Morgan fingerprint density at radius 2 is 1.85 bits per heavy atom. The van der Waals surface area contributed by atoms with Crippen LogP contribution in [0.25, 0.3) is 0 Å². The van der Waals surface area contributed by atoms with Gasteiger partial charge in [0.25, 0.3) is 11.8 Å². The third-order valence-corrected chi connectivity index (χ3v) is 4.50. The molecule has 0 fully saturated rings. The van der Waals surface area contributed by atoms with Crippen LogP contribution in [-0.2, 0) is 14.3 Å². The molecule has 142 valence electrons. The van der Waals surface area contributed by atoms with E-state index in [0.29, 0.717) is 11.3 Å². The van der Waals surface area contributed by atoms with Crippen molar-refractivity contribution in [1.82, 2.24) is 5.32 Å². The van der Waals surface area contributed by atoms with E-state index in [1.807, 2.05) is 37.4 Å². The van der Waals surface area contributed by atoms with Crippen LogP contribution in [-0.4, -0.2) is 36.7 Å². The van der Waals surface area contributed by atoms with Crippen LogP contribution in [0.4, 0.5) is 5.69 Å². The molecule has 0 saturated carbocycles. The molecule has 0 aromatic heterocycles. The van der Waals surface area contributed by atoms with Gasteiger partial charge < -0.3 is 15.4 Å². The summed E-state index contributed by atoms with van der Waals surface area (Å²) in [6, 6.07) is 13.5. The second-order valence-electron chi connectivity index (χ2n) is 5.92. The summed E-state index contributed by atoms with van der Waals surface area (Å²) >= 11 is 1.50. The monoisotopic (exact) mass is 386 g/mol. The molecule has 0 radical (unpaired) electrons. The fourth-order valence-electron chi connectivity index (χ4n) is 2.32. The standard InChI is InChI=1S/C20H22N2O4S/c1-13-7-6-8-15(11-13)19(24)21-14(2)20(25)26-12-18(23)22-16-9-4-5-10-17(16)27-3/h4-11,14H,12H2,1-3H3,(H,21,24)(H,22,23)/t14-/m0/s1. The minimum absolute atomic E-state index is 0.374. The number of anilines is 1. The van der Waals surface area contributed by atoms with E-state index in [-0.39, 0.29) is 5.91 Å². The molecule has 0 aliphatic rings. The van der Waals surface area contributed by atoms with Crippen molar-refractivity contribution in [1.29, 1.82) is 0 Å². The first-order valence-electron chi connectivity index (χ1n) is 8.37. The summed E-state index contributed by atoms with van der Waals surface area (Å²) in [5.74, 6) is -1.49. The molecule has 2 rings (SSSR count). The van der Waals surface area contributed by atoms with Gasteiger partial charge in [-0.1, -0.05) is 29.8 Å². The smallest absolute Gasteiger partial charge is 0.328 e. The van der Waals surface area contributed by atoms with Gasteiger partial charge in [0.1, 0.15) is 6.04 Å². The summed E-state index contributed by atoms with van der Waals surface area (Å²) in [5.41, 5.74) is 2.06. The van der Waals surface area contributed by atoms with Crippen molar-refractivity contribution in [3.05, 3.63) is 59.7 Å². The maximum absolute atomic E-state index is 12.2. The lowest BCUT2D eigenvalue weighted by Gasteiger charge is -2.14. The Morgan fingerprint density at radius 1 is 1.11 bits per heavy atom. The zero-order chi connectivity index (χ0) is 19.8. The zero-order valence-corrected chi connectivity index (χ0v) is 16.3. The summed E-state index contributed by atoms with van der Waals surface area (Å²) in [6.07, 6.45) is 1.91. The first-order chi connectivity index (χ1) is 12.9. The Balaban J connectivity index is 1.83. The number of carbonyl (C=O) groups is 3. The van der Waals surface area contributed by atoms with E-state index in [0.717, 1.165) is 10.5 Å². The lowest BCUT2D eigenvalue weighted by Crippen LogP contribution is -2.40. The molecule has 2 aromatic rings. The van der Waals surface area contributed by atoms with Crippen LogP contribution in [0.2, 0.25) is 0 Å². The number of carbonyl (C=O) groups excluding carboxylic acids is 3. The minimum atomic E-state index is -0.871. The van der Waals surface area contributed by atoms with Gasteiger partial charge in [-0.2, -0.15) is 0 Å². The molecule has 6 nitrogen and oxygen atoms in total. The number of esters is 1. The summed E-state index contributed by atoms with van der Waals surface area (Å²) in [7, 11) is 0. The molecule has 0 aliphatic heterocycles. The van der Waals surface area contributed by atoms with Gasteiger partial charge in [0, 0.05) is 10.5 Å². The fraction of sp³-hybridized carbons (Fsp3) is 0.250. The molecular formula is C20H22N2O4S. The topological polar surface area (TPSA) is 84.5 Å². The van der Waals surface area contributed by atoms with Crippen LogP contribution in [0, 0.1) is 6.92 Å². The van der Waals surface area contributed by atoms with Crippen molar-refractivity contribution < 1.29 is 19.1 Å². The Bertz CT molecular complexity index is 838. The maximum Gasteiger partial charge on any atom is 0.328 e. The molecule has 7 heteroatoms. The SMILES string of the molecule is CSc1ccccc1NC(=O)COC(=O)[C@H](C)NC(=O)c1cccc(C)c1. The third kappa shape index (κ3) is 6.14. The molecule has 0 spiro atoms. The van der Waals surface area contributed by atoms with Crippen molar-refractivity contribution in [2.75, 3.05) is 18.2 Å². The highest BCUT2D eigenvalue weighted by atomic mass is 32.2. The van der Waals surface area contributed by atoms with E-state index < -0.39 is 24.5 Å². The van der Waals surface area contributed by atoms with Crippen molar-refractivity contribution in [2.24, 2.45) is 0 Å². The highest BCUT2D eigenvalue weighted by molar-refractivity contribution is 7.98. The Morgan fingerprint density at radius 3 is 2.56 bits per heavy atom. The molecule has 27 heavy (non-hydrogen) atoms. The second-order valence-corrected chi connectivity index (χ2v) is 6.77. The number of rotatable bonds is 7. The zero-order valence-electron chi connectivity index (χ0n) is 15.4. The van der Waals surface area contributed by atoms with Gasteiger partial charge in [-0.25, -0.2) is 4.79 Å². The van der Waals surface area contributed by atoms with Crippen molar-refractivity contribution in [3.63, 3.8) is 0 Å². The predicted molar refractivity (Wildman–Crippen MR) is 106 cm³/mol. The fourth-order valence-corrected chi connectivity index (χ4v) is 2.87. The molecular weight excluding hydrogens is 364 g/mol. The largest absolute Gasteiger partial charge is 0.454 e. The summed E-state index contributed by atoms with van der Waals surface area (Å²) in [5, 5.41) is 5.27. The van der Waals surface area contributed by atoms with Gasteiger partial charge in [0.2, 0.25) is 0 Å². The van der Waals surface area contributed by atoms with E-state index in [4.69, 9.17) is 4.74 Å². The van der Waals surface area contributed by atoms with Gasteiger partial charge in [0.15, 0.2) is 6.61 Å². The van der Waals surface area contributed by atoms with Crippen LogP contribution < -0.4 is 10.6 Å². The summed E-state index contributed by atoms with van der Waals surface area (Å²) in [6.45, 7) is 2.96. The van der Waals surface area contributed by atoms with Crippen LogP contribution in [0.5, 0.6) is 0 Å². The van der Waals surface area contributed by atoms with E-state index >= 15 is 0 Å². The molecule has 0 heterocycles. The lowest BCUT2D eigenvalue weighted by atomic mass is 10.1. The molecule has 0 unspecified atom stereocenters. The van der Waals surface area contributed by atoms with E-state index in [9.17, 15) is 14.4 Å². The molecule has 0 aliphatic carbocycles. The average molecular weight is 386 g/mol. The Kier molecular flexibility index (Phi) is 7.43. The number of hydrogen-bond donors (Lipinski definition) is 2. The Hall–Kier alpha value is -2.80. The Labute approximate surface area is 162 Å². The van der Waals surface area contributed by atoms with Crippen molar-refractivity contribution >= 4 is 35.2 Å². The van der Waals surface area contributed by atoms with Gasteiger partial charge in [0.05, 0.1) is 5.69 Å². The van der Waals surface area contributed by atoms with Crippen LogP contribution in [0.15, 0.2) is 53.4 Å². The number of thioether (sulfide) groups is 1. The van der Waals surface area contributed by atoms with Crippen molar-refractivity contribution in [3.8, 4) is 0 Å². The predicted octanol–water partition coefficient (Wildman–Crippen LogP) is 3.02. The van der Waals surface area contributed by atoms with Gasteiger partial charge in [-0.05, 0) is 44.4 Å². The van der Waals surface area contributed by atoms with E-state index in [1.54, 1.807) is 24.3 Å². The first kappa shape index (κ1) is 20.5. The molecule has 2 aromatic carbocycles. The highest BCUT2D eigenvalue weighted by Crippen LogP contribution is 2.24. The quantitative estimate of drug-likeness (QED) is 0.564. The molecule has 0 saturated heterocycles. The number of aryl methyl sites for hydroxylation is 1. The summed E-state index contributed by atoms with van der Waals surface area (Å²) in [4.78, 5) is 37.1. The molecule has 0 bridgehead atoms. The maximum atomic E-state index is 12.2. The number of amides is 2. The lowest BCUT2D eigenvalue weighted by molar-refractivity contribution is -0.148. The number of nitrogens with one attached hydrogen (secondary N) is 2. The third-order valence-electron chi connectivity index (χ3n) is 3.71. The summed E-state index contributed by atoms with van der Waals surface area (Å²) < 4.78 is 5.00. The average Bonchev–Trinajstić information content (AvgIpc) is 2.66. The first-order valence-corrected chi connectivity index (χ1v) is 9.60. The van der Waals surface area contributed by atoms with Gasteiger partial charge in [-0.3, -0.25) is 9.59 Å². The van der Waals surface area contributed by atoms with Crippen LogP contribution in [0.3, 0.4) is 0 Å². The molecule has 1 atom stereocenters. The number of para-hydroxylation sites is 1. The number of hydrogen-bond acceptors (Lipinski definition) is 5. The highest BCUT2D eigenvalue weighted by Gasteiger charge is 2.19. The van der Waals surface area contributed by atoms with E-state index in [2.05, 4.69) is 10.6 Å². The minimum Gasteiger partial charge on any atom is -0.454 e. The number of benzene rings is 2. The molecule has 2 amide bonds. The van der Waals surface area contributed by atoms with Gasteiger partial charge >= 0.3 is 5.97 Å². The van der Waals surface area contributed by atoms with Crippen LogP contribution in [0.1, 0.15) is 22.8 Å². The second kappa shape index (κ2) is 9.78. The van der Waals surface area contributed by atoms with Crippen molar-refractivity contribution in [2.45, 2.75) is 24.8 Å². The van der Waals surface area contributed by atoms with E-state index in [1.165, 1.54) is 18.7 Å². The molecule has 2 N–H and O–H groups in total.